The van der Waals surface area contributed by atoms with Crippen LogP contribution in [0.15, 0.2) is 22.4 Å². The van der Waals surface area contributed by atoms with Crippen molar-refractivity contribution in [1.29, 1.82) is 0 Å². The zero-order valence-corrected chi connectivity index (χ0v) is 11.8. The summed E-state index contributed by atoms with van der Waals surface area (Å²) in [4.78, 5) is 28.1. The molecule has 0 radical (unpaired) electrons. The number of amides is 1. The molecule has 1 aliphatic rings. The fraction of sp³-hybridized carbons (Fsp3) is 0.385. The molecular formula is C13H14N4O2S. The molecule has 104 valence electrons. The van der Waals surface area contributed by atoms with Gasteiger partial charge in [-0.1, -0.05) is 0 Å². The standard InChI is InChI=1S/C13H14N4O2S/c1-8(12(19)15-13-14-5-6-20-13)17-11(18)7-9-3-2-4-10(9)16-17/h5-8H,2-4H2,1H3,(H,14,15,19). The average Bonchev–Trinajstić information content (AvgIpc) is 3.07. The molecule has 0 aromatic carbocycles. The van der Waals surface area contributed by atoms with Gasteiger partial charge in [-0.2, -0.15) is 5.10 Å². The second kappa shape index (κ2) is 5.16. The molecule has 1 N–H and O–H groups in total. The van der Waals surface area contributed by atoms with Crippen molar-refractivity contribution in [2.75, 3.05) is 5.32 Å². The van der Waals surface area contributed by atoms with E-state index >= 15 is 0 Å². The van der Waals surface area contributed by atoms with Gasteiger partial charge >= 0.3 is 0 Å². The van der Waals surface area contributed by atoms with Gasteiger partial charge in [-0.3, -0.25) is 9.59 Å². The van der Waals surface area contributed by atoms with Crippen molar-refractivity contribution in [2.45, 2.75) is 32.2 Å². The quantitative estimate of drug-likeness (QED) is 0.926. The first kappa shape index (κ1) is 13.0. The van der Waals surface area contributed by atoms with E-state index in [0.29, 0.717) is 5.13 Å². The molecule has 1 unspecified atom stereocenters. The first-order chi connectivity index (χ1) is 9.65. The third kappa shape index (κ3) is 2.36. The van der Waals surface area contributed by atoms with E-state index in [2.05, 4.69) is 15.4 Å². The first-order valence-corrected chi connectivity index (χ1v) is 7.35. The lowest BCUT2D eigenvalue weighted by molar-refractivity contribution is -0.119. The Kier molecular flexibility index (Phi) is 3.35. The monoisotopic (exact) mass is 290 g/mol. The average molecular weight is 290 g/mol. The summed E-state index contributed by atoms with van der Waals surface area (Å²) >= 11 is 1.34. The summed E-state index contributed by atoms with van der Waals surface area (Å²) in [6, 6.07) is 0.944. The number of nitrogens with zero attached hydrogens (tertiary/aromatic N) is 3. The predicted molar refractivity (Wildman–Crippen MR) is 76.0 cm³/mol. The Morgan fingerprint density at radius 2 is 2.35 bits per heavy atom. The Hall–Kier alpha value is -2.02. The smallest absolute Gasteiger partial charge is 0.267 e. The van der Waals surface area contributed by atoms with Crippen LogP contribution in [0.5, 0.6) is 0 Å². The Bertz CT molecular complexity index is 693. The second-order valence-corrected chi connectivity index (χ2v) is 5.65. The van der Waals surface area contributed by atoms with E-state index in [1.807, 2.05) is 0 Å². The molecule has 2 aromatic rings. The Morgan fingerprint density at radius 1 is 1.50 bits per heavy atom. The van der Waals surface area contributed by atoms with E-state index in [9.17, 15) is 9.59 Å². The zero-order valence-electron chi connectivity index (χ0n) is 11.0. The highest BCUT2D eigenvalue weighted by Gasteiger charge is 2.21. The molecule has 20 heavy (non-hydrogen) atoms. The summed E-state index contributed by atoms with van der Waals surface area (Å²) in [6.07, 6.45) is 4.41. The normalized spacial score (nSPS) is 14.8. The van der Waals surface area contributed by atoms with E-state index in [1.165, 1.54) is 16.0 Å². The number of aromatic nitrogens is 3. The number of anilines is 1. The highest BCUT2D eigenvalue weighted by molar-refractivity contribution is 7.13. The van der Waals surface area contributed by atoms with Crippen molar-refractivity contribution < 1.29 is 4.79 Å². The Labute approximate surface area is 119 Å². The maximum atomic E-state index is 12.1. The summed E-state index contributed by atoms with van der Waals surface area (Å²) in [7, 11) is 0. The van der Waals surface area contributed by atoms with Crippen LogP contribution in [0, 0.1) is 0 Å². The number of rotatable bonds is 3. The van der Waals surface area contributed by atoms with Gasteiger partial charge < -0.3 is 5.32 Å². The van der Waals surface area contributed by atoms with Crippen LogP contribution in [-0.2, 0) is 17.6 Å². The SMILES string of the molecule is CC(C(=O)Nc1nccs1)n1nc2c(cc1=O)CCC2. The molecule has 0 saturated heterocycles. The van der Waals surface area contributed by atoms with Crippen LogP contribution in [0.2, 0.25) is 0 Å². The summed E-state index contributed by atoms with van der Waals surface area (Å²) in [5, 5.41) is 9.32. The Balaban J connectivity index is 1.85. The highest BCUT2D eigenvalue weighted by atomic mass is 32.1. The van der Waals surface area contributed by atoms with E-state index < -0.39 is 6.04 Å². The topological polar surface area (TPSA) is 76.9 Å². The van der Waals surface area contributed by atoms with E-state index in [-0.39, 0.29) is 11.5 Å². The van der Waals surface area contributed by atoms with Gasteiger partial charge in [-0.05, 0) is 31.7 Å². The Morgan fingerprint density at radius 3 is 3.10 bits per heavy atom. The van der Waals surface area contributed by atoms with E-state index in [4.69, 9.17) is 0 Å². The van der Waals surface area contributed by atoms with Gasteiger partial charge in [0.15, 0.2) is 5.13 Å². The van der Waals surface area contributed by atoms with Crippen LogP contribution in [0.3, 0.4) is 0 Å². The number of nitrogens with one attached hydrogen (secondary N) is 1. The first-order valence-electron chi connectivity index (χ1n) is 6.47. The fourth-order valence-corrected chi connectivity index (χ4v) is 2.83. The molecule has 1 aliphatic carbocycles. The van der Waals surface area contributed by atoms with Crippen LogP contribution < -0.4 is 10.9 Å². The van der Waals surface area contributed by atoms with Crippen molar-refractivity contribution in [3.8, 4) is 0 Å². The molecule has 7 heteroatoms. The maximum absolute atomic E-state index is 12.1. The summed E-state index contributed by atoms with van der Waals surface area (Å²) in [6.45, 7) is 1.67. The lowest BCUT2D eigenvalue weighted by atomic mass is 10.2. The number of thiazole rings is 1. The molecule has 0 aliphatic heterocycles. The van der Waals surface area contributed by atoms with Gasteiger partial charge in [0.1, 0.15) is 6.04 Å². The lowest BCUT2D eigenvalue weighted by Gasteiger charge is -2.14. The summed E-state index contributed by atoms with van der Waals surface area (Å²) < 4.78 is 1.26. The van der Waals surface area contributed by atoms with Crippen LogP contribution in [-0.4, -0.2) is 20.7 Å². The lowest BCUT2D eigenvalue weighted by Crippen LogP contribution is -2.33. The third-order valence-corrected chi connectivity index (χ3v) is 4.08. The summed E-state index contributed by atoms with van der Waals surface area (Å²) in [5.41, 5.74) is 1.71. The van der Waals surface area contributed by atoms with Gasteiger partial charge in [0.25, 0.3) is 11.5 Å². The predicted octanol–water partition coefficient (Wildman–Crippen LogP) is 1.39. The number of hydrogen-bond acceptors (Lipinski definition) is 5. The molecule has 0 fully saturated rings. The second-order valence-electron chi connectivity index (χ2n) is 4.76. The van der Waals surface area contributed by atoms with Gasteiger partial charge in [-0.25, -0.2) is 9.67 Å². The molecule has 6 nitrogen and oxygen atoms in total. The van der Waals surface area contributed by atoms with Crippen LogP contribution in [0.1, 0.15) is 30.6 Å². The molecule has 3 rings (SSSR count). The van der Waals surface area contributed by atoms with Crippen molar-refractivity contribution in [2.24, 2.45) is 0 Å². The molecule has 0 saturated carbocycles. The van der Waals surface area contributed by atoms with Crippen LogP contribution >= 0.6 is 11.3 Å². The van der Waals surface area contributed by atoms with Crippen molar-refractivity contribution in [3.63, 3.8) is 0 Å². The number of carbonyl (C=O) groups is 1. The largest absolute Gasteiger partial charge is 0.300 e. The number of fused-ring (bicyclic) bond motifs is 1. The van der Waals surface area contributed by atoms with Gasteiger partial charge in [-0.15, -0.1) is 11.3 Å². The third-order valence-electron chi connectivity index (χ3n) is 3.39. The van der Waals surface area contributed by atoms with E-state index in [0.717, 1.165) is 30.5 Å². The fourth-order valence-electron chi connectivity index (χ4n) is 2.30. The van der Waals surface area contributed by atoms with Gasteiger partial charge in [0.2, 0.25) is 0 Å². The van der Waals surface area contributed by atoms with Crippen molar-refractivity contribution in [3.05, 3.63) is 39.3 Å². The maximum Gasteiger partial charge on any atom is 0.267 e. The molecule has 2 heterocycles. The zero-order chi connectivity index (χ0) is 14.1. The van der Waals surface area contributed by atoms with Crippen molar-refractivity contribution in [1.82, 2.24) is 14.8 Å². The molecule has 2 aromatic heterocycles. The highest BCUT2D eigenvalue weighted by Crippen LogP contribution is 2.18. The molecule has 0 bridgehead atoms. The molecule has 0 spiro atoms. The molecule has 1 atom stereocenters. The van der Waals surface area contributed by atoms with E-state index in [1.54, 1.807) is 24.6 Å². The molecular weight excluding hydrogens is 276 g/mol. The minimum absolute atomic E-state index is 0.229. The minimum Gasteiger partial charge on any atom is -0.300 e. The van der Waals surface area contributed by atoms with Crippen molar-refractivity contribution >= 4 is 22.4 Å². The number of carbonyl (C=O) groups excluding carboxylic acids is 1. The molecule has 1 amide bonds. The van der Waals surface area contributed by atoms with Gasteiger partial charge in [0.05, 0.1) is 5.69 Å². The van der Waals surface area contributed by atoms with Crippen LogP contribution in [0.25, 0.3) is 0 Å². The van der Waals surface area contributed by atoms with Gasteiger partial charge in [0, 0.05) is 17.6 Å². The van der Waals surface area contributed by atoms with Crippen LogP contribution in [0.4, 0.5) is 5.13 Å². The number of aryl methyl sites for hydroxylation is 2. The minimum atomic E-state index is -0.655. The number of hydrogen-bond donors (Lipinski definition) is 1. The summed E-state index contributed by atoms with van der Waals surface area (Å²) in [5.74, 6) is -0.285.